The second-order valence-electron chi connectivity index (χ2n) is 3.87. The first-order valence-corrected chi connectivity index (χ1v) is 5.36. The van der Waals surface area contributed by atoms with Gasteiger partial charge in [0.15, 0.2) is 0 Å². The van der Waals surface area contributed by atoms with Gasteiger partial charge in [0.25, 0.3) is 5.91 Å². The van der Waals surface area contributed by atoms with Gasteiger partial charge in [-0.25, -0.2) is 4.98 Å². The molecule has 0 bridgehead atoms. The summed E-state index contributed by atoms with van der Waals surface area (Å²) in [5.41, 5.74) is 7.55. The van der Waals surface area contributed by atoms with Crippen LogP contribution in [-0.4, -0.2) is 10.9 Å². The van der Waals surface area contributed by atoms with Crippen LogP contribution in [0.15, 0.2) is 36.4 Å². The summed E-state index contributed by atoms with van der Waals surface area (Å²) >= 11 is 0. The lowest BCUT2D eigenvalue weighted by molar-refractivity contribution is 0.102. The minimum absolute atomic E-state index is 0.175. The zero-order valence-corrected chi connectivity index (χ0v) is 9.77. The second kappa shape index (κ2) is 4.83. The average molecular weight is 245 g/mol. The molecule has 0 fully saturated rings. The fourth-order valence-electron chi connectivity index (χ4n) is 1.48. The third-order valence-corrected chi connectivity index (χ3v) is 2.49. The zero-order valence-electron chi connectivity index (χ0n) is 9.77. The van der Waals surface area contributed by atoms with Crippen molar-refractivity contribution in [1.82, 2.24) is 4.98 Å². The van der Waals surface area contributed by atoms with E-state index in [0.29, 0.717) is 11.3 Å². The number of carbonyl (C=O) groups is 1. The summed E-state index contributed by atoms with van der Waals surface area (Å²) in [6.45, 7) is 1.81. The maximum atomic E-state index is 12.9. The molecule has 0 aliphatic carbocycles. The van der Waals surface area contributed by atoms with Crippen molar-refractivity contribution >= 4 is 17.4 Å². The van der Waals surface area contributed by atoms with Crippen LogP contribution in [0.5, 0.6) is 0 Å². The van der Waals surface area contributed by atoms with Gasteiger partial charge in [-0.2, -0.15) is 4.39 Å². The van der Waals surface area contributed by atoms with Gasteiger partial charge in [0.05, 0.1) is 0 Å². The molecule has 3 N–H and O–H groups in total. The van der Waals surface area contributed by atoms with Gasteiger partial charge in [-0.05, 0) is 42.8 Å². The van der Waals surface area contributed by atoms with Gasteiger partial charge in [0.1, 0.15) is 5.82 Å². The van der Waals surface area contributed by atoms with Crippen molar-refractivity contribution < 1.29 is 9.18 Å². The molecule has 0 atom stereocenters. The number of carbonyl (C=O) groups excluding carboxylic acids is 1. The predicted octanol–water partition coefficient (Wildman–Crippen LogP) is 2.36. The molecule has 1 amide bonds. The smallest absolute Gasteiger partial charge is 0.256 e. The molecule has 92 valence electrons. The molecular formula is C13H12FN3O. The third-order valence-electron chi connectivity index (χ3n) is 2.49. The van der Waals surface area contributed by atoms with E-state index in [1.165, 1.54) is 18.2 Å². The number of aryl methyl sites for hydroxylation is 1. The number of amides is 1. The van der Waals surface area contributed by atoms with E-state index in [-0.39, 0.29) is 11.7 Å². The number of anilines is 2. The largest absolute Gasteiger partial charge is 0.399 e. The fraction of sp³-hybridized carbons (Fsp3) is 0.0769. The molecule has 0 unspecified atom stereocenters. The predicted molar refractivity (Wildman–Crippen MR) is 67.7 cm³/mol. The van der Waals surface area contributed by atoms with E-state index in [9.17, 15) is 9.18 Å². The van der Waals surface area contributed by atoms with E-state index in [4.69, 9.17) is 5.73 Å². The Morgan fingerprint density at radius 1 is 1.33 bits per heavy atom. The second-order valence-corrected chi connectivity index (χ2v) is 3.87. The van der Waals surface area contributed by atoms with Crippen LogP contribution >= 0.6 is 0 Å². The molecule has 1 aromatic carbocycles. The number of halogens is 1. The van der Waals surface area contributed by atoms with Gasteiger partial charge in [-0.15, -0.1) is 0 Å². The molecule has 1 aromatic heterocycles. The van der Waals surface area contributed by atoms with E-state index < -0.39 is 5.95 Å². The molecule has 0 aliphatic heterocycles. The van der Waals surface area contributed by atoms with Crippen LogP contribution in [0.1, 0.15) is 15.9 Å². The maximum Gasteiger partial charge on any atom is 0.256 e. The van der Waals surface area contributed by atoms with Crippen LogP contribution in [0.2, 0.25) is 0 Å². The van der Waals surface area contributed by atoms with Crippen molar-refractivity contribution in [3.63, 3.8) is 0 Å². The summed E-state index contributed by atoms with van der Waals surface area (Å²) < 4.78 is 12.9. The lowest BCUT2D eigenvalue weighted by Gasteiger charge is -2.06. The number of aromatic nitrogens is 1. The van der Waals surface area contributed by atoms with Crippen molar-refractivity contribution in [2.45, 2.75) is 6.92 Å². The fourth-order valence-corrected chi connectivity index (χ4v) is 1.48. The highest BCUT2D eigenvalue weighted by Gasteiger charge is 2.08. The van der Waals surface area contributed by atoms with Crippen LogP contribution in [0.25, 0.3) is 0 Å². The number of nitrogens with one attached hydrogen (secondary N) is 1. The molecule has 0 radical (unpaired) electrons. The molecule has 1 heterocycles. The maximum absolute atomic E-state index is 12.9. The highest BCUT2D eigenvalue weighted by Crippen LogP contribution is 2.14. The Morgan fingerprint density at radius 2 is 2.11 bits per heavy atom. The minimum atomic E-state index is -0.638. The number of nitrogen functional groups attached to an aromatic ring is 1. The lowest BCUT2D eigenvalue weighted by Crippen LogP contribution is -2.13. The number of rotatable bonds is 2. The summed E-state index contributed by atoms with van der Waals surface area (Å²) in [6, 6.07) is 9.14. The van der Waals surface area contributed by atoms with E-state index in [0.717, 1.165) is 5.56 Å². The van der Waals surface area contributed by atoms with Crippen LogP contribution in [0, 0.1) is 12.9 Å². The summed E-state index contributed by atoms with van der Waals surface area (Å²) in [7, 11) is 0. The van der Waals surface area contributed by atoms with Gasteiger partial charge in [0.2, 0.25) is 5.95 Å². The SMILES string of the molecule is Cc1cc(C(=O)Nc2cccc(F)n2)ccc1N. The Morgan fingerprint density at radius 3 is 2.78 bits per heavy atom. The number of benzene rings is 1. The quantitative estimate of drug-likeness (QED) is 0.630. The van der Waals surface area contributed by atoms with Crippen molar-refractivity contribution in [1.29, 1.82) is 0 Å². The molecule has 4 nitrogen and oxygen atoms in total. The van der Waals surface area contributed by atoms with Crippen LogP contribution < -0.4 is 11.1 Å². The lowest BCUT2D eigenvalue weighted by atomic mass is 10.1. The Labute approximate surface area is 104 Å². The van der Waals surface area contributed by atoms with Crippen LogP contribution in [0.4, 0.5) is 15.9 Å². The first-order chi connectivity index (χ1) is 8.56. The van der Waals surface area contributed by atoms with Gasteiger partial charge in [-0.1, -0.05) is 6.07 Å². The zero-order chi connectivity index (χ0) is 13.1. The van der Waals surface area contributed by atoms with Gasteiger partial charge >= 0.3 is 0 Å². The summed E-state index contributed by atoms with van der Waals surface area (Å²) in [5.74, 6) is -0.813. The molecule has 0 saturated heterocycles. The van der Waals surface area contributed by atoms with Crippen molar-refractivity contribution in [2.75, 3.05) is 11.1 Å². The van der Waals surface area contributed by atoms with Gasteiger partial charge in [-0.3, -0.25) is 4.79 Å². The normalized spacial score (nSPS) is 10.1. The number of hydrogen-bond donors (Lipinski definition) is 2. The molecule has 2 aromatic rings. The summed E-state index contributed by atoms with van der Waals surface area (Å²) in [5, 5.41) is 2.51. The van der Waals surface area contributed by atoms with Gasteiger partial charge < -0.3 is 11.1 Å². The molecule has 0 spiro atoms. The van der Waals surface area contributed by atoms with Crippen LogP contribution in [-0.2, 0) is 0 Å². The molecule has 18 heavy (non-hydrogen) atoms. The Bertz CT molecular complexity index is 599. The van der Waals surface area contributed by atoms with E-state index in [2.05, 4.69) is 10.3 Å². The van der Waals surface area contributed by atoms with E-state index >= 15 is 0 Å². The molecule has 5 heteroatoms. The van der Waals surface area contributed by atoms with Crippen molar-refractivity contribution in [2.24, 2.45) is 0 Å². The Hall–Kier alpha value is -2.43. The number of pyridine rings is 1. The van der Waals surface area contributed by atoms with Gasteiger partial charge in [0, 0.05) is 11.3 Å². The summed E-state index contributed by atoms with van der Waals surface area (Å²) in [4.78, 5) is 15.4. The number of nitrogens with zero attached hydrogens (tertiary/aromatic N) is 1. The molecule has 0 saturated carbocycles. The Balaban J connectivity index is 2.19. The first-order valence-electron chi connectivity index (χ1n) is 5.36. The molecule has 2 rings (SSSR count). The van der Waals surface area contributed by atoms with Crippen molar-refractivity contribution in [3.8, 4) is 0 Å². The monoisotopic (exact) mass is 245 g/mol. The Kier molecular flexibility index (Phi) is 3.23. The minimum Gasteiger partial charge on any atom is -0.399 e. The van der Waals surface area contributed by atoms with E-state index in [1.807, 2.05) is 6.92 Å². The standard InChI is InChI=1S/C13H12FN3O/c1-8-7-9(5-6-10(8)15)13(18)17-12-4-2-3-11(14)16-12/h2-7H,15H2,1H3,(H,16,17,18). The highest BCUT2D eigenvalue weighted by molar-refractivity contribution is 6.04. The topological polar surface area (TPSA) is 68.0 Å². The third kappa shape index (κ3) is 2.63. The average Bonchev–Trinajstić information content (AvgIpc) is 2.32. The molecule has 0 aliphatic rings. The van der Waals surface area contributed by atoms with Crippen molar-refractivity contribution in [3.05, 3.63) is 53.5 Å². The number of hydrogen-bond acceptors (Lipinski definition) is 3. The number of nitrogens with two attached hydrogens (primary N) is 1. The van der Waals surface area contributed by atoms with E-state index in [1.54, 1.807) is 18.2 Å². The van der Waals surface area contributed by atoms with Crippen LogP contribution in [0.3, 0.4) is 0 Å². The highest BCUT2D eigenvalue weighted by atomic mass is 19.1. The molecular weight excluding hydrogens is 233 g/mol. The first kappa shape index (κ1) is 12.0. The summed E-state index contributed by atoms with van der Waals surface area (Å²) in [6.07, 6.45) is 0.